The number of nitrogens with two attached hydrogens (primary N) is 1. The van der Waals surface area contributed by atoms with E-state index in [1.807, 2.05) is 24.3 Å². The molecule has 0 radical (unpaired) electrons. The maximum Gasteiger partial charge on any atom is 0.236 e. The molecule has 1 saturated heterocycles. The van der Waals surface area contributed by atoms with Crippen molar-refractivity contribution in [1.82, 2.24) is 10.2 Å². The minimum atomic E-state index is -0.495. The monoisotopic (exact) mass is 335 g/mol. The van der Waals surface area contributed by atoms with Crippen molar-refractivity contribution in [2.24, 2.45) is 5.73 Å². The number of benzene rings is 1. The topological polar surface area (TPSA) is 76.8 Å². The van der Waals surface area contributed by atoms with Gasteiger partial charge < -0.3 is 20.5 Å². The van der Waals surface area contributed by atoms with Gasteiger partial charge in [0.05, 0.1) is 6.04 Å². The van der Waals surface area contributed by atoms with Gasteiger partial charge in [0, 0.05) is 32.3 Å². The molecule has 3 N–H and O–H groups in total. The van der Waals surface area contributed by atoms with Gasteiger partial charge in [-0.2, -0.15) is 0 Å². The Kier molecular flexibility index (Phi) is 7.49. The van der Waals surface area contributed by atoms with Crippen molar-refractivity contribution in [3.05, 3.63) is 29.8 Å². The summed E-state index contributed by atoms with van der Waals surface area (Å²) >= 11 is 0. The molecule has 2 rings (SSSR count). The van der Waals surface area contributed by atoms with E-state index in [1.165, 1.54) is 0 Å². The van der Waals surface area contributed by atoms with Crippen molar-refractivity contribution in [1.29, 1.82) is 0 Å². The molecule has 134 valence electrons. The summed E-state index contributed by atoms with van der Waals surface area (Å²) in [5.41, 5.74) is 6.54. The molecule has 0 aliphatic carbocycles. The third-order valence-corrected chi connectivity index (χ3v) is 4.31. The van der Waals surface area contributed by atoms with Gasteiger partial charge in [-0.05, 0) is 44.5 Å². The van der Waals surface area contributed by atoms with Gasteiger partial charge in [0.25, 0.3) is 0 Å². The van der Waals surface area contributed by atoms with Crippen molar-refractivity contribution in [2.75, 3.05) is 33.4 Å². The second-order valence-corrected chi connectivity index (χ2v) is 6.33. The normalized spacial score (nSPS) is 16.8. The highest BCUT2D eigenvalue weighted by molar-refractivity contribution is 5.80. The summed E-state index contributed by atoms with van der Waals surface area (Å²) < 4.78 is 11.2. The number of rotatable bonds is 8. The van der Waals surface area contributed by atoms with Gasteiger partial charge in [0.1, 0.15) is 12.4 Å². The molecule has 0 aromatic heterocycles. The van der Waals surface area contributed by atoms with Crippen LogP contribution in [0.3, 0.4) is 0 Å². The number of ether oxygens (including phenoxy) is 2. The minimum Gasteiger partial charge on any atom is -0.492 e. The van der Waals surface area contributed by atoms with Gasteiger partial charge in [-0.15, -0.1) is 0 Å². The van der Waals surface area contributed by atoms with Crippen LogP contribution in [0, 0.1) is 0 Å². The summed E-state index contributed by atoms with van der Waals surface area (Å²) in [6, 6.07) is 7.88. The van der Waals surface area contributed by atoms with E-state index in [-0.39, 0.29) is 5.91 Å². The van der Waals surface area contributed by atoms with Gasteiger partial charge >= 0.3 is 0 Å². The Balaban J connectivity index is 1.74. The zero-order valence-corrected chi connectivity index (χ0v) is 14.7. The molecule has 0 unspecified atom stereocenters. The first-order valence-corrected chi connectivity index (χ1v) is 8.59. The van der Waals surface area contributed by atoms with Crippen molar-refractivity contribution in [2.45, 2.75) is 38.4 Å². The predicted molar refractivity (Wildman–Crippen MR) is 93.9 cm³/mol. The SMILES string of the molecule is C[C@@H](N)C(=O)NCc1cccc(OCCN(C)C2CCOCC2)c1. The zero-order chi connectivity index (χ0) is 17.4. The summed E-state index contributed by atoms with van der Waals surface area (Å²) in [5, 5.41) is 2.80. The first-order chi connectivity index (χ1) is 11.6. The van der Waals surface area contributed by atoms with Gasteiger partial charge in [-0.25, -0.2) is 0 Å². The highest BCUT2D eigenvalue weighted by Gasteiger charge is 2.17. The standard InChI is InChI=1S/C18H29N3O3/c1-14(19)18(22)20-13-15-4-3-5-17(12-15)24-11-8-21(2)16-6-9-23-10-7-16/h3-5,12,14,16H,6-11,13,19H2,1-2H3,(H,20,22)/t14-/m1/s1. The predicted octanol–water partition coefficient (Wildman–Crippen LogP) is 1.14. The largest absolute Gasteiger partial charge is 0.492 e. The Labute approximate surface area is 144 Å². The number of carbonyl (C=O) groups excluding carboxylic acids is 1. The maximum atomic E-state index is 11.5. The van der Waals surface area contributed by atoms with E-state index in [0.29, 0.717) is 19.2 Å². The van der Waals surface area contributed by atoms with Crippen LogP contribution in [-0.4, -0.2) is 56.3 Å². The lowest BCUT2D eigenvalue weighted by molar-refractivity contribution is -0.122. The lowest BCUT2D eigenvalue weighted by Gasteiger charge is -2.31. The van der Waals surface area contributed by atoms with Crippen molar-refractivity contribution in [3.63, 3.8) is 0 Å². The lowest BCUT2D eigenvalue weighted by atomic mass is 10.1. The Morgan fingerprint density at radius 1 is 1.46 bits per heavy atom. The van der Waals surface area contributed by atoms with E-state index < -0.39 is 6.04 Å². The van der Waals surface area contributed by atoms with Crippen LogP contribution >= 0.6 is 0 Å². The van der Waals surface area contributed by atoms with Gasteiger partial charge in [-0.3, -0.25) is 9.69 Å². The summed E-state index contributed by atoms with van der Waals surface area (Å²) in [5.74, 6) is 0.669. The number of nitrogens with zero attached hydrogens (tertiary/aromatic N) is 1. The Bertz CT molecular complexity index is 516. The summed E-state index contributed by atoms with van der Waals surface area (Å²) in [6.45, 7) is 5.36. The van der Waals surface area contributed by atoms with Crippen LogP contribution in [0.2, 0.25) is 0 Å². The van der Waals surface area contributed by atoms with E-state index in [4.69, 9.17) is 15.2 Å². The Morgan fingerprint density at radius 3 is 2.92 bits per heavy atom. The Morgan fingerprint density at radius 2 is 2.21 bits per heavy atom. The quantitative estimate of drug-likeness (QED) is 0.745. The molecule has 1 aliphatic heterocycles. The van der Waals surface area contributed by atoms with E-state index in [9.17, 15) is 4.79 Å². The third-order valence-electron chi connectivity index (χ3n) is 4.31. The van der Waals surface area contributed by atoms with Gasteiger partial charge in [-0.1, -0.05) is 12.1 Å². The van der Waals surface area contributed by atoms with Crippen LogP contribution in [0.4, 0.5) is 0 Å². The Hall–Kier alpha value is -1.63. The van der Waals surface area contributed by atoms with E-state index in [2.05, 4.69) is 17.3 Å². The number of nitrogens with one attached hydrogen (secondary N) is 1. The molecule has 1 aliphatic rings. The third kappa shape index (κ3) is 6.11. The molecule has 1 aromatic rings. The van der Waals surface area contributed by atoms with Gasteiger partial charge in [0.15, 0.2) is 0 Å². The van der Waals surface area contributed by atoms with Crippen molar-refractivity contribution in [3.8, 4) is 5.75 Å². The molecule has 1 fully saturated rings. The average molecular weight is 335 g/mol. The molecular formula is C18H29N3O3. The van der Waals surface area contributed by atoms with Crippen LogP contribution in [0.25, 0.3) is 0 Å². The molecule has 1 aromatic carbocycles. The van der Waals surface area contributed by atoms with E-state index in [1.54, 1.807) is 6.92 Å². The average Bonchev–Trinajstić information content (AvgIpc) is 2.60. The molecule has 0 bridgehead atoms. The van der Waals surface area contributed by atoms with Gasteiger partial charge in [0.2, 0.25) is 5.91 Å². The smallest absolute Gasteiger partial charge is 0.236 e. The number of likely N-dealkylation sites (N-methyl/N-ethyl adjacent to an activating group) is 1. The fourth-order valence-electron chi connectivity index (χ4n) is 2.71. The highest BCUT2D eigenvalue weighted by atomic mass is 16.5. The number of hydrogen-bond acceptors (Lipinski definition) is 5. The second-order valence-electron chi connectivity index (χ2n) is 6.33. The first kappa shape index (κ1) is 18.7. The van der Waals surface area contributed by atoms with Crippen LogP contribution in [0.5, 0.6) is 5.75 Å². The minimum absolute atomic E-state index is 0.153. The molecule has 1 heterocycles. The second kappa shape index (κ2) is 9.61. The summed E-state index contributed by atoms with van der Waals surface area (Å²) in [7, 11) is 2.14. The summed E-state index contributed by atoms with van der Waals surface area (Å²) in [6.07, 6.45) is 2.18. The first-order valence-electron chi connectivity index (χ1n) is 8.59. The molecule has 6 nitrogen and oxygen atoms in total. The fraction of sp³-hybridized carbons (Fsp3) is 0.611. The van der Waals surface area contributed by atoms with Crippen LogP contribution in [0.1, 0.15) is 25.3 Å². The van der Waals surface area contributed by atoms with Crippen LogP contribution < -0.4 is 15.8 Å². The number of amides is 1. The highest BCUT2D eigenvalue weighted by Crippen LogP contribution is 2.15. The molecule has 1 atom stereocenters. The number of carbonyl (C=O) groups is 1. The number of hydrogen-bond donors (Lipinski definition) is 2. The van der Waals surface area contributed by atoms with E-state index >= 15 is 0 Å². The molecule has 0 spiro atoms. The van der Waals surface area contributed by atoms with E-state index in [0.717, 1.165) is 43.9 Å². The van der Waals surface area contributed by atoms with Crippen molar-refractivity contribution < 1.29 is 14.3 Å². The fourth-order valence-corrected chi connectivity index (χ4v) is 2.71. The van der Waals surface area contributed by atoms with Crippen LogP contribution in [-0.2, 0) is 16.1 Å². The summed E-state index contributed by atoms with van der Waals surface area (Å²) in [4.78, 5) is 13.9. The molecule has 1 amide bonds. The maximum absolute atomic E-state index is 11.5. The molecule has 24 heavy (non-hydrogen) atoms. The molecular weight excluding hydrogens is 306 g/mol. The van der Waals surface area contributed by atoms with Crippen LogP contribution in [0.15, 0.2) is 24.3 Å². The molecule has 6 heteroatoms. The molecule has 0 saturated carbocycles. The zero-order valence-electron chi connectivity index (χ0n) is 14.7. The lowest BCUT2D eigenvalue weighted by Crippen LogP contribution is -2.38. The van der Waals surface area contributed by atoms with Crippen molar-refractivity contribution >= 4 is 5.91 Å².